The lowest BCUT2D eigenvalue weighted by Crippen LogP contribution is -2.44. The molecule has 2 atom stereocenters. The molecule has 9 nitrogen and oxygen atoms in total. The third kappa shape index (κ3) is 82.6. The number of aliphatic carboxylic acids is 1. The Hall–Kier alpha value is -4.57. The van der Waals surface area contributed by atoms with Gasteiger partial charge in [0.25, 0.3) is 0 Å². The molecule has 0 fully saturated rings. The zero-order valence-electron chi connectivity index (χ0n) is 66.5. The van der Waals surface area contributed by atoms with E-state index in [9.17, 15) is 19.5 Å². The Morgan fingerprint density at radius 1 is 0.307 bits per heavy atom. The fraction of sp³-hybridized carbons (Fsp3) is 0.728. The Morgan fingerprint density at radius 2 is 0.564 bits per heavy atom. The van der Waals surface area contributed by atoms with Crippen LogP contribution in [-0.4, -0.2) is 82.3 Å². The van der Waals surface area contributed by atoms with E-state index in [-0.39, 0.29) is 32.2 Å². The summed E-state index contributed by atoms with van der Waals surface area (Å²) in [6.07, 6.45) is 114. The van der Waals surface area contributed by atoms with E-state index in [2.05, 4.69) is 148 Å². The topological polar surface area (TPSA) is 111 Å². The number of nitrogens with zero attached hydrogens (tertiary/aromatic N) is 1. The van der Waals surface area contributed by atoms with Crippen LogP contribution < -0.4 is 5.11 Å². The smallest absolute Gasteiger partial charge is 0.306 e. The molecule has 580 valence electrons. The number of esters is 2. The summed E-state index contributed by atoms with van der Waals surface area (Å²) in [7, 11) is 5.94. The third-order valence-corrected chi connectivity index (χ3v) is 18.4. The molecule has 0 aromatic heterocycles. The number of allylic oxidation sites excluding steroid dienone is 22. The number of carbonyl (C=O) groups excluding carboxylic acids is 3. The SMILES string of the molecule is CC/C=C\C/C=C\C/C=C\C/C=C\C/C=C\C/C=C\C/C=C\C/C=C\CCCCCCCCCCCCCCCCC(=O)OC(COC(=O)CCCCCCCCCCCCCCCCCCCCCCCC/C=C\C/C=C\C/C=C\CCCCCCC)COC(OCC[N+](C)(C)C)C(=O)[O-]. The Balaban J connectivity index is 4.01. The van der Waals surface area contributed by atoms with Crippen LogP contribution >= 0.6 is 0 Å². The Kier molecular flexibility index (Phi) is 77.4. The molecule has 2 unspecified atom stereocenters. The van der Waals surface area contributed by atoms with Crippen molar-refractivity contribution in [2.24, 2.45) is 0 Å². The molecular formula is C92H159NO8. The molecule has 0 bridgehead atoms. The molecule has 0 rings (SSSR count). The van der Waals surface area contributed by atoms with Crippen LogP contribution in [-0.2, 0) is 33.3 Å². The molecule has 101 heavy (non-hydrogen) atoms. The number of carboxylic acid groups (broad SMARTS) is 1. The van der Waals surface area contributed by atoms with Crippen molar-refractivity contribution in [2.75, 3.05) is 47.5 Å². The maximum Gasteiger partial charge on any atom is 0.306 e. The van der Waals surface area contributed by atoms with E-state index < -0.39 is 24.3 Å². The molecule has 0 amide bonds. The van der Waals surface area contributed by atoms with Crippen molar-refractivity contribution in [3.63, 3.8) is 0 Å². The van der Waals surface area contributed by atoms with E-state index in [1.807, 2.05) is 21.1 Å². The number of unbranched alkanes of at least 4 members (excludes halogenated alkanes) is 41. The average molecular weight is 1410 g/mol. The van der Waals surface area contributed by atoms with Crippen molar-refractivity contribution >= 4 is 17.9 Å². The van der Waals surface area contributed by atoms with Crippen LogP contribution in [0, 0.1) is 0 Å². The number of quaternary nitrogens is 1. The van der Waals surface area contributed by atoms with E-state index in [4.69, 9.17) is 18.9 Å². The first-order valence-electron chi connectivity index (χ1n) is 42.3. The monoisotopic (exact) mass is 1410 g/mol. The highest BCUT2D eigenvalue weighted by Crippen LogP contribution is 2.19. The fourth-order valence-electron chi connectivity index (χ4n) is 12.0. The average Bonchev–Trinajstić information content (AvgIpc) is 1.21. The molecule has 0 saturated heterocycles. The van der Waals surface area contributed by atoms with Gasteiger partial charge >= 0.3 is 11.9 Å². The van der Waals surface area contributed by atoms with Crippen LogP contribution in [0.1, 0.15) is 373 Å². The largest absolute Gasteiger partial charge is 0.545 e. The highest BCUT2D eigenvalue weighted by molar-refractivity contribution is 5.70. The second kappa shape index (κ2) is 81.1. The zero-order valence-corrected chi connectivity index (χ0v) is 66.5. The highest BCUT2D eigenvalue weighted by Gasteiger charge is 2.22. The molecule has 0 aliphatic rings. The van der Waals surface area contributed by atoms with Crippen molar-refractivity contribution in [2.45, 2.75) is 386 Å². The number of likely N-dealkylation sites (N-methyl/N-ethyl adjacent to an activating group) is 1. The summed E-state index contributed by atoms with van der Waals surface area (Å²) in [6.45, 7) is 4.66. The van der Waals surface area contributed by atoms with Crippen LogP contribution in [0.5, 0.6) is 0 Å². The molecule has 0 spiro atoms. The van der Waals surface area contributed by atoms with Gasteiger partial charge in [0.05, 0.1) is 40.3 Å². The Labute approximate surface area is 624 Å². The minimum Gasteiger partial charge on any atom is -0.545 e. The Morgan fingerprint density at radius 3 is 0.842 bits per heavy atom. The van der Waals surface area contributed by atoms with Crippen molar-refractivity contribution < 1.29 is 42.9 Å². The van der Waals surface area contributed by atoms with Gasteiger partial charge in [0.2, 0.25) is 0 Å². The van der Waals surface area contributed by atoms with Gasteiger partial charge in [-0.3, -0.25) is 9.59 Å². The summed E-state index contributed by atoms with van der Waals surface area (Å²) in [4.78, 5) is 37.7. The molecule has 0 aliphatic carbocycles. The summed E-state index contributed by atoms with van der Waals surface area (Å²) in [5, 5.41) is 11.9. The molecule has 0 aliphatic heterocycles. The normalized spacial score (nSPS) is 13.3. The standard InChI is InChI=1S/C92H159NO8/c1-6-8-10-12-14-16-18-20-22-24-26-28-30-32-34-36-38-40-42-44-45-47-49-51-53-55-57-59-61-63-65-67-69-71-73-75-77-79-81-83-90(95)101-88(87-100-92(91(96)97)98-85-84-93(3,4)5)86-99-89(94)82-80-78-76-74-72-70-68-66-64-62-60-58-56-54-52-50-48-46-43-41-39-37-35-33-31-29-27-25-23-21-19-17-15-13-11-9-7-2/h8,10,14,16,19-22,25-28,31-34,38,40,44-45,49,51,88,92H,6-7,9,11-13,15,17-18,23-24,29-30,35-37,39,41-43,46-48,50,52-87H2,1-5H3/b10-8-,16-14-,21-19-,22-20-,27-25-,28-26-,33-31-,34-32-,40-38-,45-44-,51-49-. The van der Waals surface area contributed by atoms with Gasteiger partial charge in [-0.1, -0.05) is 379 Å². The van der Waals surface area contributed by atoms with Crippen LogP contribution in [0.2, 0.25) is 0 Å². The molecule has 0 heterocycles. The lowest BCUT2D eigenvalue weighted by atomic mass is 10.0. The Bertz CT molecular complexity index is 2130. The quantitative estimate of drug-likeness (QED) is 0.0195. The second-order valence-electron chi connectivity index (χ2n) is 29.4. The van der Waals surface area contributed by atoms with Gasteiger partial charge in [-0.05, 0) is 116 Å². The van der Waals surface area contributed by atoms with Gasteiger partial charge in [0.1, 0.15) is 13.2 Å². The molecule has 9 heteroatoms. The molecule has 0 saturated carbocycles. The first-order chi connectivity index (χ1) is 49.6. The van der Waals surface area contributed by atoms with Crippen molar-refractivity contribution in [3.8, 4) is 0 Å². The molecule has 0 N–H and O–H groups in total. The van der Waals surface area contributed by atoms with E-state index in [0.29, 0.717) is 23.9 Å². The van der Waals surface area contributed by atoms with Crippen LogP contribution in [0.4, 0.5) is 0 Å². The number of hydrogen-bond acceptors (Lipinski definition) is 8. The highest BCUT2D eigenvalue weighted by atomic mass is 16.7. The van der Waals surface area contributed by atoms with E-state index >= 15 is 0 Å². The molecular weight excluding hydrogens is 1250 g/mol. The summed E-state index contributed by atoms with van der Waals surface area (Å²) in [5.41, 5.74) is 0. The molecule has 0 aromatic carbocycles. The minimum absolute atomic E-state index is 0.145. The van der Waals surface area contributed by atoms with Crippen LogP contribution in [0.3, 0.4) is 0 Å². The van der Waals surface area contributed by atoms with E-state index in [0.717, 1.165) is 103 Å². The fourth-order valence-corrected chi connectivity index (χ4v) is 12.0. The van der Waals surface area contributed by atoms with Gasteiger partial charge in [0.15, 0.2) is 12.4 Å². The maximum absolute atomic E-state index is 13.0. The molecule has 0 radical (unpaired) electrons. The van der Waals surface area contributed by atoms with Crippen molar-refractivity contribution in [3.05, 3.63) is 134 Å². The van der Waals surface area contributed by atoms with Crippen molar-refractivity contribution in [1.29, 1.82) is 0 Å². The zero-order chi connectivity index (χ0) is 73.2. The molecule has 0 aromatic rings. The number of carbonyl (C=O) groups is 3. The summed E-state index contributed by atoms with van der Waals surface area (Å²) in [6, 6.07) is 0. The predicted molar refractivity (Wildman–Crippen MR) is 435 cm³/mol. The number of rotatable bonds is 78. The van der Waals surface area contributed by atoms with Gasteiger partial charge in [-0.2, -0.15) is 0 Å². The number of hydrogen-bond donors (Lipinski definition) is 0. The summed E-state index contributed by atoms with van der Waals surface area (Å²) < 4.78 is 22.9. The lowest BCUT2D eigenvalue weighted by molar-refractivity contribution is -0.870. The van der Waals surface area contributed by atoms with Gasteiger partial charge < -0.3 is 33.3 Å². The number of ether oxygens (including phenoxy) is 4. The van der Waals surface area contributed by atoms with Crippen molar-refractivity contribution in [1.82, 2.24) is 0 Å². The van der Waals surface area contributed by atoms with Gasteiger partial charge in [-0.15, -0.1) is 0 Å². The first kappa shape index (κ1) is 96.4. The number of carboxylic acids is 1. The second-order valence-corrected chi connectivity index (χ2v) is 29.4. The van der Waals surface area contributed by atoms with E-state index in [1.165, 1.54) is 238 Å². The third-order valence-electron chi connectivity index (χ3n) is 18.4. The first-order valence-corrected chi connectivity index (χ1v) is 42.3. The summed E-state index contributed by atoms with van der Waals surface area (Å²) >= 11 is 0. The maximum atomic E-state index is 13.0. The van der Waals surface area contributed by atoms with Crippen LogP contribution in [0.25, 0.3) is 0 Å². The van der Waals surface area contributed by atoms with Gasteiger partial charge in [0, 0.05) is 12.8 Å². The van der Waals surface area contributed by atoms with Gasteiger partial charge in [-0.25, -0.2) is 0 Å². The lowest BCUT2D eigenvalue weighted by Gasteiger charge is -2.26. The summed E-state index contributed by atoms with van der Waals surface area (Å²) in [5.74, 6) is -2.27. The predicted octanol–water partition coefficient (Wildman–Crippen LogP) is 26.3. The minimum atomic E-state index is -1.63. The van der Waals surface area contributed by atoms with Crippen LogP contribution in [0.15, 0.2) is 134 Å². The van der Waals surface area contributed by atoms with E-state index in [1.54, 1.807) is 0 Å².